The van der Waals surface area contributed by atoms with E-state index in [1.165, 1.54) is 0 Å². The fourth-order valence-corrected chi connectivity index (χ4v) is 3.12. The first-order valence-electron chi connectivity index (χ1n) is 9.03. The van der Waals surface area contributed by atoms with Crippen molar-refractivity contribution in [1.82, 2.24) is 15.3 Å². The van der Waals surface area contributed by atoms with E-state index >= 15 is 0 Å². The first-order chi connectivity index (χ1) is 12.1. The molecular formula is C20H26N4O. The van der Waals surface area contributed by atoms with Crippen LogP contribution in [-0.2, 0) is 11.3 Å². The summed E-state index contributed by atoms with van der Waals surface area (Å²) in [6, 6.07) is 12.0. The molecule has 1 fully saturated rings. The molecule has 0 atom stereocenters. The summed E-state index contributed by atoms with van der Waals surface area (Å²) < 4.78 is 0. The van der Waals surface area contributed by atoms with E-state index in [0.29, 0.717) is 12.5 Å². The number of carbonyl (C=O) groups is 1. The van der Waals surface area contributed by atoms with E-state index in [4.69, 9.17) is 0 Å². The molecule has 1 N–H and O–H groups in total. The number of anilines is 1. The minimum absolute atomic E-state index is 0.0892. The summed E-state index contributed by atoms with van der Waals surface area (Å²) in [5.41, 5.74) is 1.13. The van der Waals surface area contributed by atoms with Crippen LogP contribution in [0.3, 0.4) is 0 Å². The lowest BCUT2D eigenvalue weighted by molar-refractivity contribution is -0.125. The topological polar surface area (TPSA) is 58.1 Å². The highest BCUT2D eigenvalue weighted by molar-refractivity contribution is 5.79. The van der Waals surface area contributed by atoms with Gasteiger partial charge in [0.2, 0.25) is 5.91 Å². The fraction of sp³-hybridized carbons (Fsp3) is 0.450. The van der Waals surface area contributed by atoms with Gasteiger partial charge in [0.15, 0.2) is 0 Å². The average Bonchev–Trinajstić information content (AvgIpc) is 2.67. The van der Waals surface area contributed by atoms with Crippen LogP contribution < -0.4 is 10.2 Å². The number of piperidine rings is 1. The molecule has 3 rings (SSSR count). The second-order valence-electron chi connectivity index (χ2n) is 6.89. The van der Waals surface area contributed by atoms with E-state index in [1.807, 2.05) is 42.6 Å². The first-order valence-corrected chi connectivity index (χ1v) is 9.03. The number of carbonyl (C=O) groups excluding carboxylic acids is 1. The van der Waals surface area contributed by atoms with Gasteiger partial charge < -0.3 is 10.2 Å². The van der Waals surface area contributed by atoms with Gasteiger partial charge in [-0.1, -0.05) is 44.2 Å². The van der Waals surface area contributed by atoms with Crippen LogP contribution in [0.2, 0.25) is 0 Å². The molecule has 0 radical (unpaired) electrons. The molecule has 132 valence electrons. The van der Waals surface area contributed by atoms with Gasteiger partial charge in [-0.3, -0.25) is 4.79 Å². The van der Waals surface area contributed by atoms with E-state index < -0.39 is 0 Å². The van der Waals surface area contributed by atoms with Crippen molar-refractivity contribution >= 4 is 11.7 Å². The normalized spacial score (nSPS) is 15.4. The third-order valence-electron chi connectivity index (χ3n) is 4.68. The maximum Gasteiger partial charge on any atom is 0.223 e. The lowest BCUT2D eigenvalue weighted by Gasteiger charge is -2.32. The third-order valence-corrected chi connectivity index (χ3v) is 4.68. The second kappa shape index (κ2) is 8.10. The molecule has 2 heterocycles. The SMILES string of the molecule is CC(C)c1nccc(N2CCC(C(=O)NCc3ccccc3)CC2)n1. The van der Waals surface area contributed by atoms with E-state index in [0.717, 1.165) is 43.1 Å². The van der Waals surface area contributed by atoms with Gasteiger partial charge in [0.1, 0.15) is 11.6 Å². The first kappa shape index (κ1) is 17.4. The quantitative estimate of drug-likeness (QED) is 0.910. The van der Waals surface area contributed by atoms with E-state index in [9.17, 15) is 4.79 Å². The van der Waals surface area contributed by atoms with Crippen molar-refractivity contribution in [3.05, 3.63) is 54.0 Å². The zero-order valence-electron chi connectivity index (χ0n) is 15.0. The summed E-state index contributed by atoms with van der Waals surface area (Å²) in [6.45, 7) is 6.52. The number of hydrogen-bond donors (Lipinski definition) is 1. The summed E-state index contributed by atoms with van der Waals surface area (Å²) in [5, 5.41) is 3.06. The van der Waals surface area contributed by atoms with Gasteiger partial charge >= 0.3 is 0 Å². The summed E-state index contributed by atoms with van der Waals surface area (Å²) in [7, 11) is 0. The van der Waals surface area contributed by atoms with Crippen molar-refractivity contribution in [2.24, 2.45) is 5.92 Å². The molecule has 0 saturated carbocycles. The minimum atomic E-state index is 0.0892. The van der Waals surface area contributed by atoms with E-state index in [1.54, 1.807) is 0 Å². The van der Waals surface area contributed by atoms with E-state index in [-0.39, 0.29) is 11.8 Å². The monoisotopic (exact) mass is 338 g/mol. The third kappa shape index (κ3) is 4.56. The van der Waals surface area contributed by atoms with Crippen LogP contribution in [0.4, 0.5) is 5.82 Å². The number of benzene rings is 1. The Hall–Kier alpha value is -2.43. The van der Waals surface area contributed by atoms with Crippen LogP contribution in [-0.4, -0.2) is 29.0 Å². The number of rotatable bonds is 5. The summed E-state index contributed by atoms with van der Waals surface area (Å²) >= 11 is 0. The fourth-order valence-electron chi connectivity index (χ4n) is 3.12. The van der Waals surface area contributed by atoms with Crippen LogP contribution in [0.5, 0.6) is 0 Å². The van der Waals surface area contributed by atoms with Gasteiger partial charge in [0, 0.05) is 37.7 Å². The van der Waals surface area contributed by atoms with Gasteiger partial charge in [0.25, 0.3) is 0 Å². The lowest BCUT2D eigenvalue weighted by Crippen LogP contribution is -2.40. The van der Waals surface area contributed by atoms with Crippen LogP contribution >= 0.6 is 0 Å². The highest BCUT2D eigenvalue weighted by atomic mass is 16.1. The van der Waals surface area contributed by atoms with Crippen molar-refractivity contribution in [1.29, 1.82) is 0 Å². The van der Waals surface area contributed by atoms with Crippen molar-refractivity contribution in [3.63, 3.8) is 0 Å². The molecule has 1 aromatic heterocycles. The Morgan fingerprint density at radius 3 is 2.60 bits per heavy atom. The predicted octanol–water partition coefficient (Wildman–Crippen LogP) is 3.13. The molecule has 25 heavy (non-hydrogen) atoms. The number of amides is 1. The van der Waals surface area contributed by atoms with Gasteiger partial charge in [-0.05, 0) is 24.5 Å². The Kier molecular flexibility index (Phi) is 5.64. The largest absolute Gasteiger partial charge is 0.356 e. The summed E-state index contributed by atoms with van der Waals surface area (Å²) in [4.78, 5) is 23.6. The maximum absolute atomic E-state index is 12.4. The zero-order chi connectivity index (χ0) is 17.6. The molecule has 1 aliphatic heterocycles. The number of nitrogens with zero attached hydrogens (tertiary/aromatic N) is 3. The average molecular weight is 338 g/mol. The summed E-state index contributed by atoms with van der Waals surface area (Å²) in [6.07, 6.45) is 3.56. The lowest BCUT2D eigenvalue weighted by atomic mass is 9.96. The van der Waals surface area contributed by atoms with Gasteiger partial charge in [-0.25, -0.2) is 9.97 Å². The molecule has 5 heteroatoms. The molecule has 1 aliphatic rings. The molecular weight excluding hydrogens is 312 g/mol. The molecule has 1 aromatic carbocycles. The smallest absolute Gasteiger partial charge is 0.223 e. The number of aromatic nitrogens is 2. The molecule has 1 saturated heterocycles. The number of hydrogen-bond acceptors (Lipinski definition) is 4. The molecule has 2 aromatic rings. The summed E-state index contributed by atoms with van der Waals surface area (Å²) in [5.74, 6) is 2.42. The standard InChI is InChI=1S/C20H26N4O/c1-15(2)19-21-11-8-18(23-19)24-12-9-17(10-13-24)20(25)22-14-16-6-4-3-5-7-16/h3-8,11,15,17H,9-10,12-14H2,1-2H3,(H,22,25). The zero-order valence-corrected chi connectivity index (χ0v) is 15.0. The second-order valence-corrected chi connectivity index (χ2v) is 6.89. The Labute approximate surface area is 149 Å². The number of nitrogens with one attached hydrogen (secondary N) is 1. The van der Waals surface area contributed by atoms with Crippen molar-refractivity contribution < 1.29 is 4.79 Å². The minimum Gasteiger partial charge on any atom is -0.356 e. The highest BCUT2D eigenvalue weighted by Crippen LogP contribution is 2.23. The van der Waals surface area contributed by atoms with Crippen molar-refractivity contribution in [2.45, 2.75) is 39.2 Å². The Balaban J connectivity index is 1.51. The molecule has 0 spiro atoms. The maximum atomic E-state index is 12.4. The predicted molar refractivity (Wildman–Crippen MR) is 99.3 cm³/mol. The Morgan fingerprint density at radius 1 is 1.20 bits per heavy atom. The Morgan fingerprint density at radius 2 is 1.92 bits per heavy atom. The highest BCUT2D eigenvalue weighted by Gasteiger charge is 2.25. The molecule has 1 amide bonds. The molecule has 0 unspecified atom stereocenters. The van der Waals surface area contributed by atoms with Crippen molar-refractivity contribution in [3.8, 4) is 0 Å². The molecule has 0 aliphatic carbocycles. The Bertz CT molecular complexity index is 694. The van der Waals surface area contributed by atoms with Gasteiger partial charge in [-0.2, -0.15) is 0 Å². The van der Waals surface area contributed by atoms with Gasteiger partial charge in [0.05, 0.1) is 0 Å². The van der Waals surface area contributed by atoms with Crippen LogP contribution in [0.25, 0.3) is 0 Å². The molecule has 0 bridgehead atoms. The molecule has 5 nitrogen and oxygen atoms in total. The van der Waals surface area contributed by atoms with Crippen molar-refractivity contribution in [2.75, 3.05) is 18.0 Å². The van der Waals surface area contributed by atoms with E-state index in [2.05, 4.69) is 34.0 Å². The van der Waals surface area contributed by atoms with Crippen LogP contribution in [0, 0.1) is 5.92 Å². The van der Waals surface area contributed by atoms with Crippen LogP contribution in [0.15, 0.2) is 42.6 Å². The van der Waals surface area contributed by atoms with Gasteiger partial charge in [-0.15, -0.1) is 0 Å². The van der Waals surface area contributed by atoms with Crippen LogP contribution in [0.1, 0.15) is 44.0 Å².